The van der Waals surface area contributed by atoms with Crippen molar-refractivity contribution in [2.75, 3.05) is 23.7 Å². The van der Waals surface area contributed by atoms with Gasteiger partial charge in [-0.2, -0.15) is 0 Å². The number of nitrogens with zero attached hydrogens (tertiary/aromatic N) is 3. The van der Waals surface area contributed by atoms with Crippen LogP contribution in [0.5, 0.6) is 0 Å². The summed E-state index contributed by atoms with van der Waals surface area (Å²) in [5.74, 6) is -0.743. The minimum Gasteiger partial charge on any atom is -0.478 e. The molecule has 9 heteroatoms. The van der Waals surface area contributed by atoms with Crippen molar-refractivity contribution >= 4 is 40.0 Å². The zero-order chi connectivity index (χ0) is 24.4. The number of aromatic nitrogens is 3. The Bertz CT molecular complexity index is 1390. The predicted octanol–water partition coefficient (Wildman–Crippen LogP) is 5.75. The van der Waals surface area contributed by atoms with E-state index in [0.29, 0.717) is 47.9 Å². The Kier molecular flexibility index (Phi) is 6.70. The second-order valence-corrected chi connectivity index (χ2v) is 8.40. The Morgan fingerprint density at radius 3 is 2.68 bits per heavy atom. The number of carboxylic acids is 1. The van der Waals surface area contributed by atoms with Crippen LogP contribution < -0.4 is 10.6 Å². The molecule has 0 unspecified atom stereocenters. The largest absolute Gasteiger partial charge is 0.478 e. The van der Waals surface area contributed by atoms with Crippen molar-refractivity contribution in [1.29, 1.82) is 0 Å². The molecule has 7 nitrogen and oxygen atoms in total. The van der Waals surface area contributed by atoms with Crippen molar-refractivity contribution in [3.8, 4) is 11.3 Å². The lowest BCUT2D eigenvalue weighted by Gasteiger charge is -2.13. The van der Waals surface area contributed by atoms with Crippen LogP contribution in [0.25, 0.3) is 22.2 Å². The van der Waals surface area contributed by atoms with Crippen LogP contribution in [0.15, 0.2) is 42.7 Å². The summed E-state index contributed by atoms with van der Waals surface area (Å²) in [6, 6.07) is 10.4. The summed E-state index contributed by atoms with van der Waals surface area (Å²) in [7, 11) is 0. The van der Waals surface area contributed by atoms with Gasteiger partial charge < -0.3 is 20.3 Å². The lowest BCUT2D eigenvalue weighted by Crippen LogP contribution is -2.13. The molecule has 2 heterocycles. The van der Waals surface area contributed by atoms with Gasteiger partial charge in [0.2, 0.25) is 0 Å². The first-order valence-corrected chi connectivity index (χ1v) is 11.3. The maximum Gasteiger partial charge on any atom is 0.339 e. The Morgan fingerprint density at radius 1 is 1.15 bits per heavy atom. The van der Waals surface area contributed by atoms with Gasteiger partial charge in [0.1, 0.15) is 23.5 Å². The number of nitrogens with one attached hydrogen (secondary N) is 2. The summed E-state index contributed by atoms with van der Waals surface area (Å²) in [6.45, 7) is 7.44. The van der Waals surface area contributed by atoms with Crippen LogP contribution in [0.2, 0.25) is 5.02 Å². The smallest absolute Gasteiger partial charge is 0.339 e. The van der Waals surface area contributed by atoms with Gasteiger partial charge in [0.15, 0.2) is 0 Å². The molecule has 0 bridgehead atoms. The van der Waals surface area contributed by atoms with Gasteiger partial charge in [0.25, 0.3) is 0 Å². The number of benzene rings is 2. The number of carbonyl (C=O) groups is 1. The fraction of sp³-hybridized carbons (Fsp3) is 0.240. The maximum atomic E-state index is 14.5. The highest BCUT2D eigenvalue weighted by Crippen LogP contribution is 2.32. The van der Waals surface area contributed by atoms with Crippen molar-refractivity contribution in [1.82, 2.24) is 14.5 Å². The van der Waals surface area contributed by atoms with Crippen LogP contribution in [0.3, 0.4) is 0 Å². The Labute approximate surface area is 201 Å². The first-order valence-electron chi connectivity index (χ1n) is 10.9. The number of fused-ring (bicyclic) bond motifs is 1. The van der Waals surface area contributed by atoms with Gasteiger partial charge in [-0.25, -0.2) is 19.2 Å². The number of anilines is 2. The number of hydrogen-bond donors (Lipinski definition) is 3. The standard InChI is InChI=1S/C25H25ClFN5O2/c1-4-28-21-11-16(10-18(26)23(21)25(33)34)20-12-22(31-13-30-20)29-7-8-32-15(3)9-17-14(2)5-6-19(27)24(17)32/h5-6,9-13,28H,4,7-8H2,1-3H3,(H,33,34)(H,29,30,31). The van der Waals surface area contributed by atoms with Crippen LogP contribution in [-0.2, 0) is 6.54 Å². The number of halogens is 2. The number of aromatic carboxylic acids is 1. The third-order valence-electron chi connectivity index (χ3n) is 5.71. The summed E-state index contributed by atoms with van der Waals surface area (Å²) >= 11 is 6.27. The molecule has 2 aromatic carbocycles. The number of rotatable bonds is 8. The molecular weight excluding hydrogens is 457 g/mol. The molecule has 0 spiro atoms. The third-order valence-corrected chi connectivity index (χ3v) is 6.01. The van der Waals surface area contributed by atoms with E-state index in [0.717, 1.165) is 16.6 Å². The maximum absolute atomic E-state index is 14.5. The first kappa shape index (κ1) is 23.5. The highest BCUT2D eigenvalue weighted by Gasteiger charge is 2.17. The molecule has 4 rings (SSSR count). The normalized spacial score (nSPS) is 11.1. The van der Waals surface area contributed by atoms with E-state index in [1.165, 1.54) is 12.4 Å². The zero-order valence-corrected chi connectivity index (χ0v) is 19.9. The van der Waals surface area contributed by atoms with Gasteiger partial charge >= 0.3 is 5.97 Å². The van der Waals surface area contributed by atoms with Gasteiger partial charge in [-0.15, -0.1) is 0 Å². The highest BCUT2D eigenvalue weighted by molar-refractivity contribution is 6.34. The monoisotopic (exact) mass is 481 g/mol. The number of hydrogen-bond acceptors (Lipinski definition) is 5. The molecule has 2 aromatic heterocycles. The molecule has 0 saturated heterocycles. The van der Waals surface area contributed by atoms with Crippen LogP contribution >= 0.6 is 11.6 Å². The van der Waals surface area contributed by atoms with Crippen molar-refractivity contribution in [2.45, 2.75) is 27.3 Å². The fourth-order valence-electron chi connectivity index (χ4n) is 4.10. The zero-order valence-electron chi connectivity index (χ0n) is 19.1. The first-order chi connectivity index (χ1) is 16.3. The van der Waals surface area contributed by atoms with E-state index in [2.05, 4.69) is 20.6 Å². The predicted molar refractivity (Wildman–Crippen MR) is 133 cm³/mol. The summed E-state index contributed by atoms with van der Waals surface area (Å²) in [5.41, 5.74) is 4.34. The minimum absolute atomic E-state index is 0.0245. The third kappa shape index (κ3) is 4.54. The van der Waals surface area contributed by atoms with Gasteiger partial charge in [-0.1, -0.05) is 17.7 Å². The molecule has 0 amide bonds. The molecule has 0 aliphatic heterocycles. The molecule has 3 N–H and O–H groups in total. The molecule has 0 fully saturated rings. The number of aryl methyl sites for hydroxylation is 2. The van der Waals surface area contributed by atoms with E-state index in [1.54, 1.807) is 24.3 Å². The minimum atomic E-state index is -1.10. The molecule has 0 aliphatic rings. The van der Waals surface area contributed by atoms with E-state index in [1.807, 2.05) is 31.4 Å². The Hall–Kier alpha value is -3.65. The fourth-order valence-corrected chi connectivity index (χ4v) is 4.40. The van der Waals surface area contributed by atoms with Crippen LogP contribution in [0.1, 0.15) is 28.5 Å². The van der Waals surface area contributed by atoms with Crippen LogP contribution in [0, 0.1) is 19.7 Å². The molecule has 4 aromatic rings. The lowest BCUT2D eigenvalue weighted by atomic mass is 10.1. The molecule has 0 saturated carbocycles. The van der Waals surface area contributed by atoms with Gasteiger partial charge in [-0.3, -0.25) is 0 Å². The molecule has 0 atom stereocenters. The van der Waals surface area contributed by atoms with Gasteiger partial charge in [0.05, 0.1) is 21.9 Å². The summed E-state index contributed by atoms with van der Waals surface area (Å²) < 4.78 is 16.5. The van der Waals surface area contributed by atoms with Crippen molar-refractivity contribution in [3.05, 3.63) is 70.4 Å². The molecular formula is C25H25ClFN5O2. The SMILES string of the molecule is CCNc1cc(-c2cc(NCCn3c(C)cc4c(C)ccc(F)c43)ncn2)cc(Cl)c1C(=O)O. The van der Waals surface area contributed by atoms with E-state index in [-0.39, 0.29) is 16.4 Å². The Morgan fingerprint density at radius 2 is 1.94 bits per heavy atom. The lowest BCUT2D eigenvalue weighted by molar-refractivity contribution is 0.0698. The van der Waals surface area contributed by atoms with Gasteiger partial charge in [0, 0.05) is 42.3 Å². The molecule has 34 heavy (non-hydrogen) atoms. The second kappa shape index (κ2) is 9.69. The molecule has 176 valence electrons. The summed E-state index contributed by atoms with van der Waals surface area (Å²) in [6.07, 6.45) is 1.43. The number of carboxylic acid groups (broad SMARTS) is 1. The van der Waals surface area contributed by atoms with E-state index >= 15 is 0 Å². The topological polar surface area (TPSA) is 92.1 Å². The van der Waals surface area contributed by atoms with Gasteiger partial charge in [-0.05, 0) is 50.6 Å². The van der Waals surface area contributed by atoms with Crippen LogP contribution in [-0.4, -0.2) is 38.7 Å². The van der Waals surface area contributed by atoms with E-state index < -0.39 is 5.97 Å². The molecule has 0 radical (unpaired) electrons. The van der Waals surface area contributed by atoms with E-state index in [4.69, 9.17) is 11.6 Å². The second-order valence-electron chi connectivity index (χ2n) is 8.00. The average molecular weight is 482 g/mol. The van der Waals surface area contributed by atoms with Crippen molar-refractivity contribution < 1.29 is 14.3 Å². The van der Waals surface area contributed by atoms with Crippen molar-refractivity contribution in [2.24, 2.45) is 0 Å². The average Bonchev–Trinajstić information content (AvgIpc) is 3.13. The van der Waals surface area contributed by atoms with E-state index in [9.17, 15) is 14.3 Å². The summed E-state index contributed by atoms with van der Waals surface area (Å²) in [5, 5.41) is 16.8. The highest BCUT2D eigenvalue weighted by atomic mass is 35.5. The summed E-state index contributed by atoms with van der Waals surface area (Å²) in [4.78, 5) is 20.2. The Balaban J connectivity index is 1.56. The quantitative estimate of drug-likeness (QED) is 0.297. The molecule has 0 aliphatic carbocycles. The van der Waals surface area contributed by atoms with Crippen molar-refractivity contribution in [3.63, 3.8) is 0 Å². The van der Waals surface area contributed by atoms with Crippen LogP contribution in [0.4, 0.5) is 15.9 Å².